The highest BCUT2D eigenvalue weighted by Gasteiger charge is 2.37. The third kappa shape index (κ3) is 3.81. The molecule has 2 rings (SSSR count). The molecule has 0 aliphatic carbocycles. The molecule has 1 aliphatic rings. The van der Waals surface area contributed by atoms with Gasteiger partial charge in [-0.1, -0.05) is 19.9 Å². The van der Waals surface area contributed by atoms with E-state index >= 15 is 0 Å². The Hall–Kier alpha value is -1.42. The van der Waals surface area contributed by atoms with Gasteiger partial charge in [0.25, 0.3) is 0 Å². The van der Waals surface area contributed by atoms with Gasteiger partial charge in [0.15, 0.2) is 0 Å². The van der Waals surface area contributed by atoms with Crippen molar-refractivity contribution in [2.75, 3.05) is 6.54 Å². The summed E-state index contributed by atoms with van der Waals surface area (Å²) in [5, 5.41) is 3.07. The molecule has 100 valence electrons. The first kappa shape index (κ1) is 14.6. The van der Waals surface area contributed by atoms with Crippen molar-refractivity contribution in [1.29, 1.82) is 0 Å². The van der Waals surface area contributed by atoms with Crippen molar-refractivity contribution in [3.8, 4) is 0 Å². The molecular weight excluding hydrogens is 226 g/mol. The number of nitrogens with one attached hydrogen (secondary N) is 1. The van der Waals surface area contributed by atoms with Crippen LogP contribution in [-0.2, 0) is 4.79 Å². The fourth-order valence-corrected chi connectivity index (χ4v) is 2.01. The second-order valence-corrected chi connectivity index (χ2v) is 5.43. The SMILES string of the molecule is CC1(C)CCN[C@@H]1C(N)=O.Cc1cccnc1C. The topological polar surface area (TPSA) is 68.0 Å². The van der Waals surface area contributed by atoms with Gasteiger partial charge in [-0.15, -0.1) is 0 Å². The predicted octanol–water partition coefficient (Wildman–Crippen LogP) is 1.56. The first-order valence-electron chi connectivity index (χ1n) is 6.25. The van der Waals surface area contributed by atoms with Gasteiger partial charge in [-0.2, -0.15) is 0 Å². The molecule has 1 aliphatic heterocycles. The molecular formula is C14H23N3O. The lowest BCUT2D eigenvalue weighted by molar-refractivity contribution is -0.121. The van der Waals surface area contributed by atoms with Crippen LogP contribution in [0.2, 0.25) is 0 Å². The molecule has 1 amide bonds. The smallest absolute Gasteiger partial charge is 0.235 e. The standard InChI is InChI=1S/C7H14N2O.C7H9N/c1-7(2)3-4-9-5(7)6(8)10;1-6-4-3-5-8-7(6)2/h5,9H,3-4H2,1-2H3,(H2,8,10);3-5H,1-2H3/t5-;/m1./s1. The maximum atomic E-state index is 10.8. The summed E-state index contributed by atoms with van der Waals surface area (Å²) >= 11 is 0. The zero-order valence-corrected chi connectivity index (χ0v) is 11.7. The number of primary amides is 1. The van der Waals surface area contributed by atoms with Crippen LogP contribution >= 0.6 is 0 Å². The van der Waals surface area contributed by atoms with Crippen LogP contribution in [0.25, 0.3) is 0 Å². The van der Waals surface area contributed by atoms with E-state index in [2.05, 4.69) is 37.1 Å². The third-order valence-electron chi connectivity index (χ3n) is 3.45. The summed E-state index contributed by atoms with van der Waals surface area (Å²) < 4.78 is 0. The summed E-state index contributed by atoms with van der Waals surface area (Å²) in [5.74, 6) is -0.234. The number of aryl methyl sites for hydroxylation is 2. The number of nitrogens with two attached hydrogens (primary N) is 1. The first-order chi connectivity index (χ1) is 8.34. The van der Waals surface area contributed by atoms with Crippen LogP contribution in [-0.4, -0.2) is 23.5 Å². The molecule has 0 aromatic carbocycles. The van der Waals surface area contributed by atoms with Gasteiger partial charge >= 0.3 is 0 Å². The molecule has 3 N–H and O–H groups in total. The van der Waals surface area contributed by atoms with Gasteiger partial charge in [0, 0.05) is 11.9 Å². The Balaban J connectivity index is 0.000000184. The molecule has 2 heterocycles. The van der Waals surface area contributed by atoms with E-state index in [9.17, 15) is 4.79 Å². The number of hydrogen-bond donors (Lipinski definition) is 2. The van der Waals surface area contributed by atoms with Crippen LogP contribution in [0.5, 0.6) is 0 Å². The van der Waals surface area contributed by atoms with E-state index < -0.39 is 0 Å². The first-order valence-corrected chi connectivity index (χ1v) is 6.25. The fourth-order valence-electron chi connectivity index (χ4n) is 2.01. The lowest BCUT2D eigenvalue weighted by Crippen LogP contribution is -2.44. The Bertz CT molecular complexity index is 394. The van der Waals surface area contributed by atoms with E-state index in [-0.39, 0.29) is 17.4 Å². The normalized spacial score (nSPS) is 21.0. The molecule has 1 saturated heterocycles. The number of rotatable bonds is 1. The van der Waals surface area contributed by atoms with Crippen molar-refractivity contribution in [1.82, 2.24) is 10.3 Å². The molecule has 1 fully saturated rings. The van der Waals surface area contributed by atoms with Crippen LogP contribution in [0.1, 0.15) is 31.5 Å². The van der Waals surface area contributed by atoms with Gasteiger partial charge in [0.1, 0.15) is 0 Å². The highest BCUT2D eigenvalue weighted by atomic mass is 16.1. The van der Waals surface area contributed by atoms with Crippen molar-refractivity contribution in [2.45, 2.75) is 40.2 Å². The van der Waals surface area contributed by atoms with Crippen LogP contribution in [0.3, 0.4) is 0 Å². The van der Waals surface area contributed by atoms with Gasteiger partial charge in [-0.3, -0.25) is 9.78 Å². The molecule has 18 heavy (non-hydrogen) atoms. The molecule has 0 unspecified atom stereocenters. The van der Waals surface area contributed by atoms with Crippen molar-refractivity contribution >= 4 is 5.91 Å². The molecule has 0 radical (unpaired) electrons. The monoisotopic (exact) mass is 249 g/mol. The second-order valence-electron chi connectivity index (χ2n) is 5.43. The average Bonchev–Trinajstić information content (AvgIpc) is 2.63. The van der Waals surface area contributed by atoms with E-state index in [0.29, 0.717) is 0 Å². The zero-order valence-electron chi connectivity index (χ0n) is 11.7. The maximum Gasteiger partial charge on any atom is 0.235 e. The number of amides is 1. The van der Waals surface area contributed by atoms with Gasteiger partial charge in [0.05, 0.1) is 6.04 Å². The Labute approximate surface area is 109 Å². The Morgan fingerprint density at radius 1 is 1.50 bits per heavy atom. The molecule has 1 atom stereocenters. The number of pyridine rings is 1. The lowest BCUT2D eigenvalue weighted by atomic mass is 9.85. The minimum absolute atomic E-state index is 0.0475. The van der Waals surface area contributed by atoms with Gasteiger partial charge in [-0.05, 0) is 43.9 Å². The summed E-state index contributed by atoms with van der Waals surface area (Å²) in [5.41, 5.74) is 7.59. The molecule has 1 aromatic rings. The summed E-state index contributed by atoms with van der Waals surface area (Å²) in [6.45, 7) is 9.09. The van der Waals surface area contributed by atoms with Crippen molar-refractivity contribution in [3.05, 3.63) is 29.6 Å². The Kier molecular flexibility index (Phi) is 4.84. The molecule has 0 bridgehead atoms. The molecule has 4 heteroatoms. The third-order valence-corrected chi connectivity index (χ3v) is 3.45. The summed E-state index contributed by atoms with van der Waals surface area (Å²) in [6, 6.07) is 3.87. The Morgan fingerprint density at radius 2 is 2.17 bits per heavy atom. The van der Waals surface area contributed by atoms with Gasteiger partial charge in [0.2, 0.25) is 5.91 Å². The van der Waals surface area contributed by atoms with Crippen LogP contribution in [0.4, 0.5) is 0 Å². The lowest BCUT2D eigenvalue weighted by Gasteiger charge is -2.22. The van der Waals surface area contributed by atoms with Crippen LogP contribution < -0.4 is 11.1 Å². The van der Waals surface area contributed by atoms with E-state index in [1.54, 1.807) is 0 Å². The maximum absolute atomic E-state index is 10.8. The molecule has 1 aromatic heterocycles. The summed E-state index contributed by atoms with van der Waals surface area (Å²) in [7, 11) is 0. The van der Waals surface area contributed by atoms with E-state index in [4.69, 9.17) is 5.73 Å². The zero-order chi connectivity index (χ0) is 13.8. The van der Waals surface area contributed by atoms with Crippen LogP contribution in [0.15, 0.2) is 18.3 Å². The minimum atomic E-state index is -0.234. The number of hydrogen-bond acceptors (Lipinski definition) is 3. The highest BCUT2D eigenvalue weighted by molar-refractivity contribution is 5.81. The van der Waals surface area contributed by atoms with Crippen molar-refractivity contribution in [3.63, 3.8) is 0 Å². The van der Waals surface area contributed by atoms with Crippen molar-refractivity contribution in [2.24, 2.45) is 11.1 Å². The van der Waals surface area contributed by atoms with E-state index in [0.717, 1.165) is 18.7 Å². The quantitative estimate of drug-likeness (QED) is 0.793. The average molecular weight is 249 g/mol. The molecule has 4 nitrogen and oxygen atoms in total. The number of aromatic nitrogens is 1. The summed E-state index contributed by atoms with van der Waals surface area (Å²) in [6.07, 6.45) is 2.84. The molecule has 0 spiro atoms. The largest absolute Gasteiger partial charge is 0.368 e. The predicted molar refractivity (Wildman–Crippen MR) is 73.1 cm³/mol. The van der Waals surface area contributed by atoms with E-state index in [1.165, 1.54) is 5.56 Å². The number of carbonyl (C=O) groups excluding carboxylic acids is 1. The second kappa shape index (κ2) is 5.96. The Morgan fingerprint density at radius 3 is 2.44 bits per heavy atom. The summed E-state index contributed by atoms with van der Waals surface area (Å²) in [4.78, 5) is 14.9. The van der Waals surface area contributed by atoms with Crippen LogP contribution in [0, 0.1) is 19.3 Å². The van der Waals surface area contributed by atoms with E-state index in [1.807, 2.05) is 19.2 Å². The highest BCUT2D eigenvalue weighted by Crippen LogP contribution is 2.29. The number of carbonyl (C=O) groups is 1. The molecule has 0 saturated carbocycles. The fraction of sp³-hybridized carbons (Fsp3) is 0.571. The van der Waals surface area contributed by atoms with Crippen molar-refractivity contribution < 1.29 is 4.79 Å². The minimum Gasteiger partial charge on any atom is -0.368 e. The number of nitrogens with zero attached hydrogens (tertiary/aromatic N) is 1. The van der Waals surface area contributed by atoms with Gasteiger partial charge < -0.3 is 11.1 Å². The van der Waals surface area contributed by atoms with Gasteiger partial charge in [-0.25, -0.2) is 0 Å².